The summed E-state index contributed by atoms with van der Waals surface area (Å²) in [5, 5.41) is 5.45. The Morgan fingerprint density at radius 3 is 2.81 bits per heavy atom. The van der Waals surface area contributed by atoms with Crippen molar-refractivity contribution in [3.05, 3.63) is 11.6 Å². The SMILES string of the molecule is CCCOC(=O)C(C)=CC1NC(=S)NC1=O. The van der Waals surface area contributed by atoms with E-state index in [1.807, 2.05) is 6.92 Å². The van der Waals surface area contributed by atoms with Crippen LogP contribution in [-0.4, -0.2) is 29.6 Å². The fourth-order valence-corrected chi connectivity index (χ4v) is 1.40. The number of esters is 1. The number of thiocarbonyl (C=S) groups is 1. The molecule has 1 rings (SSSR count). The van der Waals surface area contributed by atoms with Crippen molar-refractivity contribution >= 4 is 29.2 Å². The van der Waals surface area contributed by atoms with Crippen molar-refractivity contribution in [2.75, 3.05) is 6.61 Å². The minimum Gasteiger partial charge on any atom is -0.462 e. The van der Waals surface area contributed by atoms with Crippen molar-refractivity contribution in [1.29, 1.82) is 0 Å². The third-order valence-electron chi connectivity index (χ3n) is 1.98. The van der Waals surface area contributed by atoms with Gasteiger partial charge < -0.3 is 15.4 Å². The molecule has 0 spiro atoms. The van der Waals surface area contributed by atoms with Crippen LogP contribution in [0.4, 0.5) is 0 Å². The van der Waals surface area contributed by atoms with Gasteiger partial charge in [-0.15, -0.1) is 0 Å². The maximum Gasteiger partial charge on any atom is 0.333 e. The monoisotopic (exact) mass is 242 g/mol. The molecular formula is C10H14N2O3S. The summed E-state index contributed by atoms with van der Waals surface area (Å²) >= 11 is 4.77. The van der Waals surface area contributed by atoms with Gasteiger partial charge in [0, 0.05) is 5.57 Å². The summed E-state index contributed by atoms with van der Waals surface area (Å²) in [6.07, 6.45) is 2.28. The van der Waals surface area contributed by atoms with Crippen LogP contribution in [0.3, 0.4) is 0 Å². The number of carbonyl (C=O) groups excluding carboxylic acids is 2. The van der Waals surface area contributed by atoms with Crippen LogP contribution in [0.25, 0.3) is 0 Å². The highest BCUT2D eigenvalue weighted by Gasteiger charge is 2.25. The Kier molecular flexibility index (Phi) is 4.42. The smallest absolute Gasteiger partial charge is 0.333 e. The second-order valence-corrected chi connectivity index (χ2v) is 3.83. The average Bonchev–Trinajstić information content (AvgIpc) is 2.53. The zero-order valence-corrected chi connectivity index (χ0v) is 10.0. The predicted molar refractivity (Wildman–Crippen MR) is 62.7 cm³/mol. The van der Waals surface area contributed by atoms with Gasteiger partial charge in [0.2, 0.25) is 0 Å². The number of amides is 1. The van der Waals surface area contributed by atoms with Gasteiger partial charge >= 0.3 is 5.97 Å². The van der Waals surface area contributed by atoms with Crippen LogP contribution < -0.4 is 10.6 Å². The summed E-state index contributed by atoms with van der Waals surface area (Å²) in [6, 6.07) is -0.582. The van der Waals surface area contributed by atoms with Crippen molar-refractivity contribution in [3.63, 3.8) is 0 Å². The summed E-state index contributed by atoms with van der Waals surface area (Å²) < 4.78 is 4.93. The Balaban J connectivity index is 2.59. The highest BCUT2D eigenvalue weighted by atomic mass is 32.1. The number of hydrogen-bond donors (Lipinski definition) is 2. The molecule has 0 aromatic heterocycles. The van der Waals surface area contributed by atoms with E-state index in [0.717, 1.165) is 6.42 Å². The third-order valence-corrected chi connectivity index (χ3v) is 2.20. The summed E-state index contributed by atoms with van der Waals surface area (Å²) in [5.74, 6) is -0.665. The summed E-state index contributed by atoms with van der Waals surface area (Å²) in [5.41, 5.74) is 0.394. The molecule has 6 heteroatoms. The molecule has 1 fully saturated rings. The first-order chi connectivity index (χ1) is 7.54. The van der Waals surface area contributed by atoms with E-state index in [-0.39, 0.29) is 11.0 Å². The molecule has 1 saturated heterocycles. The maximum absolute atomic E-state index is 11.4. The standard InChI is InChI=1S/C10H14N2O3S/c1-3-4-15-9(14)6(2)5-7-8(13)12-10(16)11-7/h5,7H,3-4H2,1-2H3,(H2,11,12,13,16). The van der Waals surface area contributed by atoms with Gasteiger partial charge in [-0.2, -0.15) is 0 Å². The molecule has 0 aromatic carbocycles. The Labute approximate surface area is 99.2 Å². The quantitative estimate of drug-likeness (QED) is 0.420. The van der Waals surface area contributed by atoms with Crippen LogP contribution in [0, 0.1) is 0 Å². The topological polar surface area (TPSA) is 67.4 Å². The molecule has 0 bridgehead atoms. The highest BCUT2D eigenvalue weighted by Crippen LogP contribution is 2.03. The number of rotatable bonds is 4. The molecule has 0 aromatic rings. The average molecular weight is 242 g/mol. The molecule has 1 aliphatic rings. The molecule has 1 atom stereocenters. The van der Waals surface area contributed by atoms with Crippen molar-refractivity contribution < 1.29 is 14.3 Å². The minimum absolute atomic E-state index is 0.257. The van der Waals surface area contributed by atoms with Crippen molar-refractivity contribution in [2.24, 2.45) is 0 Å². The molecule has 88 valence electrons. The van der Waals surface area contributed by atoms with E-state index >= 15 is 0 Å². The number of ether oxygens (including phenoxy) is 1. The second kappa shape index (κ2) is 5.60. The second-order valence-electron chi connectivity index (χ2n) is 3.43. The van der Waals surface area contributed by atoms with E-state index in [0.29, 0.717) is 12.2 Å². The van der Waals surface area contributed by atoms with Gasteiger partial charge in [-0.25, -0.2) is 4.79 Å². The van der Waals surface area contributed by atoms with Crippen LogP contribution in [0.2, 0.25) is 0 Å². The summed E-state index contributed by atoms with van der Waals surface area (Å²) in [6.45, 7) is 3.90. The van der Waals surface area contributed by atoms with Gasteiger partial charge in [-0.05, 0) is 31.6 Å². The lowest BCUT2D eigenvalue weighted by Gasteiger charge is -2.05. The zero-order chi connectivity index (χ0) is 12.1. The van der Waals surface area contributed by atoms with Crippen molar-refractivity contribution in [1.82, 2.24) is 10.6 Å². The number of nitrogens with one attached hydrogen (secondary N) is 2. The largest absolute Gasteiger partial charge is 0.462 e. The molecule has 1 amide bonds. The van der Waals surface area contributed by atoms with Gasteiger partial charge in [-0.3, -0.25) is 4.79 Å². The van der Waals surface area contributed by atoms with Crippen LogP contribution in [0.15, 0.2) is 11.6 Å². The van der Waals surface area contributed by atoms with Crippen LogP contribution >= 0.6 is 12.2 Å². The molecule has 1 heterocycles. The Bertz CT molecular complexity index is 352. The Hall–Kier alpha value is -1.43. The maximum atomic E-state index is 11.4. The van der Waals surface area contributed by atoms with E-state index in [2.05, 4.69) is 10.6 Å². The third kappa shape index (κ3) is 3.30. The van der Waals surface area contributed by atoms with Crippen molar-refractivity contribution in [3.8, 4) is 0 Å². The summed E-state index contributed by atoms with van der Waals surface area (Å²) in [7, 11) is 0. The lowest BCUT2D eigenvalue weighted by atomic mass is 10.2. The van der Waals surface area contributed by atoms with E-state index in [1.54, 1.807) is 6.92 Å². The molecular weight excluding hydrogens is 228 g/mol. The first-order valence-corrected chi connectivity index (χ1v) is 5.42. The first kappa shape index (κ1) is 12.6. The fraction of sp³-hybridized carbons (Fsp3) is 0.500. The Morgan fingerprint density at radius 2 is 2.31 bits per heavy atom. The number of hydrogen-bond acceptors (Lipinski definition) is 4. The van der Waals surface area contributed by atoms with Crippen molar-refractivity contribution in [2.45, 2.75) is 26.3 Å². The van der Waals surface area contributed by atoms with Crippen LogP contribution in [0.1, 0.15) is 20.3 Å². The molecule has 0 aliphatic carbocycles. The van der Waals surface area contributed by atoms with E-state index in [4.69, 9.17) is 17.0 Å². The van der Waals surface area contributed by atoms with Gasteiger partial charge in [0.15, 0.2) is 5.11 Å². The van der Waals surface area contributed by atoms with Gasteiger partial charge in [-0.1, -0.05) is 6.92 Å². The van der Waals surface area contributed by atoms with Gasteiger partial charge in [0.1, 0.15) is 6.04 Å². The predicted octanol–water partition coefficient (Wildman–Crippen LogP) is 0.259. The lowest BCUT2D eigenvalue weighted by molar-refractivity contribution is -0.139. The van der Waals surface area contributed by atoms with Crippen LogP contribution in [-0.2, 0) is 14.3 Å². The highest BCUT2D eigenvalue weighted by molar-refractivity contribution is 7.80. The Morgan fingerprint density at radius 1 is 1.62 bits per heavy atom. The lowest BCUT2D eigenvalue weighted by Crippen LogP contribution is -2.27. The van der Waals surface area contributed by atoms with Gasteiger partial charge in [0.25, 0.3) is 5.91 Å². The number of carbonyl (C=O) groups is 2. The van der Waals surface area contributed by atoms with E-state index in [9.17, 15) is 9.59 Å². The zero-order valence-electron chi connectivity index (χ0n) is 9.20. The fourth-order valence-electron chi connectivity index (χ4n) is 1.18. The summed E-state index contributed by atoms with van der Waals surface area (Å²) in [4.78, 5) is 22.7. The normalized spacial score (nSPS) is 20.4. The van der Waals surface area contributed by atoms with Crippen LogP contribution in [0.5, 0.6) is 0 Å². The van der Waals surface area contributed by atoms with E-state index in [1.165, 1.54) is 6.08 Å². The minimum atomic E-state index is -0.582. The molecule has 0 radical (unpaired) electrons. The molecule has 1 aliphatic heterocycles. The van der Waals surface area contributed by atoms with E-state index < -0.39 is 12.0 Å². The molecule has 16 heavy (non-hydrogen) atoms. The molecule has 0 saturated carbocycles. The van der Waals surface area contributed by atoms with Gasteiger partial charge in [0.05, 0.1) is 6.61 Å². The molecule has 1 unspecified atom stereocenters. The first-order valence-electron chi connectivity index (χ1n) is 5.01. The molecule has 2 N–H and O–H groups in total. The molecule has 5 nitrogen and oxygen atoms in total.